The SMILES string of the molecule is Cc1cc(=O)[nH]c(N/N=C\c2ccc(OC(C)C)c(Cl)c2)n1. The van der Waals surface area contributed by atoms with Gasteiger partial charge in [-0.15, -0.1) is 0 Å². The van der Waals surface area contributed by atoms with Gasteiger partial charge in [0.15, 0.2) is 0 Å². The molecule has 116 valence electrons. The molecule has 0 aliphatic heterocycles. The van der Waals surface area contributed by atoms with E-state index in [0.29, 0.717) is 16.5 Å². The maximum atomic E-state index is 11.3. The molecule has 2 N–H and O–H groups in total. The topological polar surface area (TPSA) is 79.4 Å². The van der Waals surface area contributed by atoms with E-state index in [9.17, 15) is 4.79 Å². The molecule has 0 unspecified atom stereocenters. The number of halogens is 1. The molecule has 0 fully saturated rings. The van der Waals surface area contributed by atoms with Crippen LogP contribution in [0, 0.1) is 6.92 Å². The Morgan fingerprint density at radius 3 is 2.82 bits per heavy atom. The normalized spacial score (nSPS) is 11.1. The van der Waals surface area contributed by atoms with Gasteiger partial charge < -0.3 is 4.74 Å². The number of hydrogen-bond acceptors (Lipinski definition) is 5. The van der Waals surface area contributed by atoms with E-state index in [-0.39, 0.29) is 17.6 Å². The largest absolute Gasteiger partial charge is 0.489 e. The fraction of sp³-hybridized carbons (Fsp3) is 0.267. The Morgan fingerprint density at radius 2 is 2.18 bits per heavy atom. The van der Waals surface area contributed by atoms with Gasteiger partial charge >= 0.3 is 0 Å². The van der Waals surface area contributed by atoms with Crippen molar-refractivity contribution in [1.29, 1.82) is 0 Å². The molecule has 0 bridgehead atoms. The molecule has 0 spiro atoms. The standard InChI is InChI=1S/C15H17ClN4O2/c1-9(2)22-13-5-4-11(7-12(13)16)8-17-20-15-18-10(3)6-14(21)19-15/h4-9H,1-3H3,(H2,18,19,20,21)/b17-8-. The lowest BCUT2D eigenvalue weighted by molar-refractivity contribution is 0.242. The van der Waals surface area contributed by atoms with Gasteiger partial charge in [0.2, 0.25) is 5.95 Å². The summed E-state index contributed by atoms with van der Waals surface area (Å²) < 4.78 is 5.56. The second kappa shape index (κ2) is 7.09. The second-order valence-corrected chi connectivity index (χ2v) is 5.37. The summed E-state index contributed by atoms with van der Waals surface area (Å²) in [5.41, 5.74) is 3.84. The zero-order valence-corrected chi connectivity index (χ0v) is 13.3. The summed E-state index contributed by atoms with van der Waals surface area (Å²) in [5, 5.41) is 4.53. The molecular formula is C15H17ClN4O2. The highest BCUT2D eigenvalue weighted by Crippen LogP contribution is 2.25. The Balaban J connectivity index is 2.07. The van der Waals surface area contributed by atoms with Crippen molar-refractivity contribution in [2.24, 2.45) is 5.10 Å². The fourth-order valence-corrected chi connectivity index (χ4v) is 1.98. The number of ether oxygens (including phenoxy) is 1. The number of hydrogen-bond donors (Lipinski definition) is 2. The van der Waals surface area contributed by atoms with Crippen LogP contribution in [0.1, 0.15) is 25.1 Å². The molecular weight excluding hydrogens is 304 g/mol. The fourth-order valence-electron chi connectivity index (χ4n) is 1.75. The highest BCUT2D eigenvalue weighted by atomic mass is 35.5. The van der Waals surface area contributed by atoms with Crippen LogP contribution in [0.25, 0.3) is 0 Å². The molecule has 0 saturated heterocycles. The van der Waals surface area contributed by atoms with E-state index in [1.807, 2.05) is 19.9 Å². The lowest BCUT2D eigenvalue weighted by atomic mass is 10.2. The number of aryl methyl sites for hydroxylation is 1. The van der Waals surface area contributed by atoms with Crippen LogP contribution in [0.2, 0.25) is 5.02 Å². The second-order valence-electron chi connectivity index (χ2n) is 4.96. The summed E-state index contributed by atoms with van der Waals surface area (Å²) in [6.07, 6.45) is 1.63. The van der Waals surface area contributed by atoms with Crippen molar-refractivity contribution in [3.05, 3.63) is 50.9 Å². The van der Waals surface area contributed by atoms with Gasteiger partial charge in [-0.2, -0.15) is 5.10 Å². The highest BCUT2D eigenvalue weighted by molar-refractivity contribution is 6.32. The van der Waals surface area contributed by atoms with Crippen LogP contribution in [-0.4, -0.2) is 22.3 Å². The minimum Gasteiger partial charge on any atom is -0.489 e. The molecule has 1 aromatic carbocycles. The predicted molar refractivity (Wildman–Crippen MR) is 88.0 cm³/mol. The molecule has 0 amide bonds. The van der Waals surface area contributed by atoms with Crippen molar-refractivity contribution in [1.82, 2.24) is 9.97 Å². The van der Waals surface area contributed by atoms with Crippen molar-refractivity contribution < 1.29 is 4.74 Å². The van der Waals surface area contributed by atoms with Gasteiger partial charge in [0.25, 0.3) is 5.56 Å². The maximum absolute atomic E-state index is 11.3. The van der Waals surface area contributed by atoms with Crippen LogP contribution in [0.5, 0.6) is 5.75 Å². The molecule has 2 rings (SSSR count). The molecule has 2 aromatic rings. The number of H-pyrrole nitrogens is 1. The Morgan fingerprint density at radius 1 is 1.41 bits per heavy atom. The zero-order chi connectivity index (χ0) is 16.1. The van der Waals surface area contributed by atoms with E-state index in [0.717, 1.165) is 5.56 Å². The third kappa shape index (κ3) is 4.60. The molecule has 1 aromatic heterocycles. The molecule has 0 aliphatic rings. The van der Waals surface area contributed by atoms with E-state index < -0.39 is 0 Å². The summed E-state index contributed by atoms with van der Waals surface area (Å²) in [5.74, 6) is 0.915. The number of rotatable bonds is 5. The van der Waals surface area contributed by atoms with Crippen LogP contribution >= 0.6 is 11.6 Å². The number of benzene rings is 1. The lowest BCUT2D eigenvalue weighted by Crippen LogP contribution is -2.10. The number of aromatic nitrogens is 2. The molecule has 0 saturated carbocycles. The average molecular weight is 321 g/mol. The quantitative estimate of drug-likeness (QED) is 0.655. The van der Waals surface area contributed by atoms with Gasteiger partial charge in [0.1, 0.15) is 5.75 Å². The van der Waals surface area contributed by atoms with E-state index in [1.165, 1.54) is 6.07 Å². The Labute approximate surface area is 133 Å². The number of nitrogens with zero attached hydrogens (tertiary/aromatic N) is 2. The van der Waals surface area contributed by atoms with Gasteiger partial charge in [0.05, 0.1) is 17.3 Å². The average Bonchev–Trinajstić information content (AvgIpc) is 2.40. The van der Waals surface area contributed by atoms with Crippen LogP contribution in [0.3, 0.4) is 0 Å². The number of aromatic amines is 1. The van der Waals surface area contributed by atoms with E-state index in [2.05, 4.69) is 20.5 Å². The van der Waals surface area contributed by atoms with Crippen LogP contribution in [0.4, 0.5) is 5.95 Å². The Bertz CT molecular complexity index is 741. The highest BCUT2D eigenvalue weighted by Gasteiger charge is 2.04. The first kappa shape index (κ1) is 16.0. The Kier molecular flexibility index (Phi) is 5.16. The third-order valence-electron chi connectivity index (χ3n) is 2.57. The van der Waals surface area contributed by atoms with Crippen LogP contribution in [-0.2, 0) is 0 Å². The van der Waals surface area contributed by atoms with E-state index in [4.69, 9.17) is 16.3 Å². The van der Waals surface area contributed by atoms with Gasteiger partial charge in [-0.25, -0.2) is 10.4 Å². The first-order valence-corrected chi connectivity index (χ1v) is 7.15. The summed E-state index contributed by atoms with van der Waals surface area (Å²) >= 11 is 6.14. The van der Waals surface area contributed by atoms with Crippen molar-refractivity contribution in [3.8, 4) is 5.75 Å². The predicted octanol–water partition coefficient (Wildman–Crippen LogP) is 2.96. The van der Waals surface area contributed by atoms with Gasteiger partial charge in [-0.3, -0.25) is 9.78 Å². The maximum Gasteiger partial charge on any atom is 0.252 e. The first-order chi connectivity index (χ1) is 10.4. The molecule has 0 radical (unpaired) electrons. The molecule has 6 nitrogen and oxygen atoms in total. The summed E-state index contributed by atoms with van der Waals surface area (Å²) in [4.78, 5) is 17.9. The summed E-state index contributed by atoms with van der Waals surface area (Å²) in [6, 6.07) is 6.77. The van der Waals surface area contributed by atoms with Crippen molar-refractivity contribution >= 4 is 23.8 Å². The number of hydrazone groups is 1. The molecule has 22 heavy (non-hydrogen) atoms. The molecule has 0 atom stereocenters. The molecule has 1 heterocycles. The van der Waals surface area contributed by atoms with Crippen molar-refractivity contribution in [3.63, 3.8) is 0 Å². The van der Waals surface area contributed by atoms with E-state index >= 15 is 0 Å². The van der Waals surface area contributed by atoms with E-state index in [1.54, 1.807) is 25.3 Å². The summed E-state index contributed by atoms with van der Waals surface area (Å²) in [6.45, 7) is 5.60. The minimum atomic E-state index is -0.233. The molecule has 7 heteroatoms. The lowest BCUT2D eigenvalue weighted by Gasteiger charge is -2.11. The van der Waals surface area contributed by atoms with Crippen LogP contribution in [0.15, 0.2) is 34.2 Å². The molecule has 0 aliphatic carbocycles. The number of anilines is 1. The minimum absolute atomic E-state index is 0.0582. The van der Waals surface area contributed by atoms with Crippen molar-refractivity contribution in [2.45, 2.75) is 26.9 Å². The third-order valence-corrected chi connectivity index (χ3v) is 2.87. The van der Waals surface area contributed by atoms with Crippen molar-refractivity contribution in [2.75, 3.05) is 5.43 Å². The monoisotopic (exact) mass is 320 g/mol. The smallest absolute Gasteiger partial charge is 0.252 e. The van der Waals surface area contributed by atoms with Gasteiger partial charge in [-0.1, -0.05) is 11.6 Å². The van der Waals surface area contributed by atoms with Gasteiger partial charge in [-0.05, 0) is 44.5 Å². The van der Waals surface area contributed by atoms with Crippen LogP contribution < -0.4 is 15.7 Å². The zero-order valence-electron chi connectivity index (χ0n) is 12.6. The summed E-state index contributed by atoms with van der Waals surface area (Å²) in [7, 11) is 0. The Hall–Kier alpha value is -2.34. The van der Waals surface area contributed by atoms with Gasteiger partial charge in [0, 0.05) is 11.8 Å². The number of nitrogens with one attached hydrogen (secondary N) is 2. The first-order valence-electron chi connectivity index (χ1n) is 6.77.